The van der Waals surface area contributed by atoms with Crippen molar-refractivity contribution in [3.8, 4) is 0 Å². The highest BCUT2D eigenvalue weighted by Gasteiger charge is 2.27. The Morgan fingerprint density at radius 1 is 0.810 bits per heavy atom. The fourth-order valence-corrected chi connectivity index (χ4v) is 3.46. The average molecular weight is 280 g/mol. The topological polar surface area (TPSA) is 20.2 Å². The van der Waals surface area contributed by atoms with Crippen molar-refractivity contribution in [1.82, 2.24) is 0 Å². The minimum absolute atomic E-state index is 0.927. The molecule has 1 aliphatic carbocycles. The van der Waals surface area contributed by atoms with Crippen LogP contribution in [0.2, 0.25) is 0 Å². The lowest BCUT2D eigenvalue weighted by atomic mass is 9.82. The fourth-order valence-electron chi connectivity index (χ4n) is 3.46. The van der Waals surface area contributed by atoms with Crippen molar-refractivity contribution in [1.29, 1.82) is 0 Å². The third-order valence-corrected chi connectivity index (χ3v) is 4.69. The summed E-state index contributed by atoms with van der Waals surface area (Å²) in [4.78, 5) is 0. The first-order valence-electron chi connectivity index (χ1n) is 7.90. The van der Waals surface area contributed by atoms with E-state index in [9.17, 15) is 5.11 Å². The van der Waals surface area contributed by atoms with Gasteiger partial charge in [0.25, 0.3) is 0 Å². The lowest BCUT2D eigenvalue weighted by Crippen LogP contribution is -2.23. The maximum absolute atomic E-state index is 11.1. The van der Waals surface area contributed by atoms with Crippen LogP contribution >= 0.6 is 0 Å². The summed E-state index contributed by atoms with van der Waals surface area (Å²) < 4.78 is 0. The number of aryl methyl sites for hydroxylation is 4. The highest BCUT2D eigenvalue weighted by Crippen LogP contribution is 2.33. The van der Waals surface area contributed by atoms with E-state index in [1.807, 2.05) is 6.92 Å². The normalized spacial score (nSPS) is 17.1. The Bertz CT molecular complexity index is 647. The summed E-state index contributed by atoms with van der Waals surface area (Å²) in [6, 6.07) is 12.8. The van der Waals surface area contributed by atoms with E-state index in [2.05, 4.69) is 50.2 Å². The van der Waals surface area contributed by atoms with Crippen molar-refractivity contribution in [3.05, 3.63) is 69.8 Å². The molecule has 0 spiro atoms. The largest absolute Gasteiger partial charge is 0.381 e. The third kappa shape index (κ3) is 2.75. The molecule has 0 fully saturated rings. The second kappa shape index (κ2) is 5.31. The van der Waals surface area contributed by atoms with Crippen molar-refractivity contribution in [2.45, 2.75) is 52.1 Å². The Balaban J connectivity index is 2.04. The van der Waals surface area contributed by atoms with Gasteiger partial charge in [-0.3, -0.25) is 0 Å². The van der Waals surface area contributed by atoms with E-state index < -0.39 is 5.60 Å². The Hall–Kier alpha value is -1.60. The summed E-state index contributed by atoms with van der Waals surface area (Å²) in [5.74, 6) is 0. The molecule has 2 aromatic carbocycles. The molecule has 110 valence electrons. The van der Waals surface area contributed by atoms with Gasteiger partial charge in [0.2, 0.25) is 0 Å². The first kappa shape index (κ1) is 14.3. The fraction of sp³-hybridized carbons (Fsp3) is 0.400. The van der Waals surface area contributed by atoms with Crippen LogP contribution < -0.4 is 0 Å². The zero-order valence-corrected chi connectivity index (χ0v) is 13.2. The number of aliphatic hydroxyl groups is 1. The Kier molecular flexibility index (Phi) is 3.62. The van der Waals surface area contributed by atoms with Gasteiger partial charge in [0.15, 0.2) is 0 Å². The lowest BCUT2D eigenvalue weighted by Gasteiger charge is -2.27. The second-order valence-electron chi connectivity index (χ2n) is 6.64. The van der Waals surface area contributed by atoms with Crippen molar-refractivity contribution in [3.63, 3.8) is 0 Å². The average Bonchev–Trinajstić information content (AvgIpc) is 2.45. The summed E-state index contributed by atoms with van der Waals surface area (Å²) in [5, 5.41) is 11.1. The van der Waals surface area contributed by atoms with Crippen LogP contribution in [0.25, 0.3) is 0 Å². The first-order valence-corrected chi connectivity index (χ1v) is 7.90. The second-order valence-corrected chi connectivity index (χ2v) is 6.64. The van der Waals surface area contributed by atoms with Gasteiger partial charge in [0.1, 0.15) is 5.60 Å². The number of hydrogen-bond acceptors (Lipinski definition) is 1. The monoisotopic (exact) mass is 280 g/mol. The summed E-state index contributed by atoms with van der Waals surface area (Å²) in [6.45, 7) is 6.07. The lowest BCUT2D eigenvalue weighted by molar-refractivity contribution is 0.102. The maximum atomic E-state index is 11.1. The van der Waals surface area contributed by atoms with Gasteiger partial charge < -0.3 is 5.11 Å². The van der Waals surface area contributed by atoms with Crippen LogP contribution in [0.3, 0.4) is 0 Å². The van der Waals surface area contributed by atoms with E-state index in [0.717, 1.165) is 17.5 Å². The van der Waals surface area contributed by atoms with Crippen LogP contribution in [-0.2, 0) is 18.4 Å². The predicted molar refractivity (Wildman–Crippen MR) is 87.7 cm³/mol. The van der Waals surface area contributed by atoms with Gasteiger partial charge in [-0.05, 0) is 68.7 Å². The Labute approximate surface area is 127 Å². The van der Waals surface area contributed by atoms with Gasteiger partial charge in [0.05, 0.1) is 0 Å². The van der Waals surface area contributed by atoms with Gasteiger partial charge in [0, 0.05) is 0 Å². The molecule has 0 aliphatic heterocycles. The molecule has 0 aromatic heterocycles. The SMILES string of the molecule is Cc1cc(C)cc(C(C)(O)c2ccc3c(c2)CCCC3)c1. The van der Waals surface area contributed by atoms with Crippen LogP contribution in [-0.4, -0.2) is 5.11 Å². The van der Waals surface area contributed by atoms with Crippen molar-refractivity contribution < 1.29 is 5.11 Å². The third-order valence-electron chi connectivity index (χ3n) is 4.69. The minimum atomic E-state index is -0.927. The van der Waals surface area contributed by atoms with E-state index >= 15 is 0 Å². The molecule has 0 amide bonds. The van der Waals surface area contributed by atoms with Crippen molar-refractivity contribution in [2.24, 2.45) is 0 Å². The molecule has 1 aliphatic rings. The molecule has 0 saturated heterocycles. The van der Waals surface area contributed by atoms with Crippen LogP contribution in [0.4, 0.5) is 0 Å². The maximum Gasteiger partial charge on any atom is 0.112 e. The molecule has 3 rings (SSSR count). The van der Waals surface area contributed by atoms with Gasteiger partial charge in [-0.15, -0.1) is 0 Å². The molecule has 0 saturated carbocycles. The summed E-state index contributed by atoms with van der Waals surface area (Å²) in [6.07, 6.45) is 4.88. The molecule has 0 bridgehead atoms. The van der Waals surface area contributed by atoms with Crippen LogP contribution in [0.5, 0.6) is 0 Å². The molecule has 1 atom stereocenters. The van der Waals surface area contributed by atoms with Gasteiger partial charge in [-0.25, -0.2) is 0 Å². The van der Waals surface area contributed by atoms with Gasteiger partial charge in [-0.1, -0.05) is 47.5 Å². The molecule has 1 heteroatoms. The zero-order valence-electron chi connectivity index (χ0n) is 13.2. The molecular weight excluding hydrogens is 256 g/mol. The first-order chi connectivity index (χ1) is 9.96. The molecule has 1 unspecified atom stereocenters. The van der Waals surface area contributed by atoms with E-state index in [-0.39, 0.29) is 0 Å². The van der Waals surface area contributed by atoms with E-state index in [1.165, 1.54) is 41.5 Å². The van der Waals surface area contributed by atoms with Crippen molar-refractivity contribution >= 4 is 0 Å². The predicted octanol–water partition coefficient (Wildman–Crippen LogP) is 4.44. The number of rotatable bonds is 2. The molecule has 1 nitrogen and oxygen atoms in total. The summed E-state index contributed by atoms with van der Waals surface area (Å²) >= 11 is 0. The molecular formula is C20H24O. The van der Waals surface area contributed by atoms with Crippen LogP contribution in [0, 0.1) is 13.8 Å². The number of hydrogen-bond donors (Lipinski definition) is 1. The molecule has 0 radical (unpaired) electrons. The Morgan fingerprint density at radius 3 is 2.10 bits per heavy atom. The molecule has 21 heavy (non-hydrogen) atoms. The van der Waals surface area contributed by atoms with E-state index in [4.69, 9.17) is 0 Å². The summed E-state index contributed by atoms with van der Waals surface area (Å²) in [7, 11) is 0. The Morgan fingerprint density at radius 2 is 1.43 bits per heavy atom. The van der Waals surface area contributed by atoms with Crippen LogP contribution in [0.1, 0.15) is 53.1 Å². The smallest absolute Gasteiger partial charge is 0.112 e. The standard InChI is InChI=1S/C20H24O/c1-14-10-15(2)12-19(11-14)20(3,21)18-9-8-16-6-4-5-7-17(16)13-18/h8-13,21H,4-7H2,1-3H3. The summed E-state index contributed by atoms with van der Waals surface area (Å²) in [5.41, 5.74) is 6.34. The highest BCUT2D eigenvalue weighted by atomic mass is 16.3. The number of fused-ring (bicyclic) bond motifs is 1. The highest BCUT2D eigenvalue weighted by molar-refractivity contribution is 5.43. The van der Waals surface area contributed by atoms with E-state index in [1.54, 1.807) is 0 Å². The van der Waals surface area contributed by atoms with Crippen LogP contribution in [0.15, 0.2) is 36.4 Å². The van der Waals surface area contributed by atoms with Gasteiger partial charge >= 0.3 is 0 Å². The number of benzene rings is 2. The molecule has 2 aromatic rings. The minimum Gasteiger partial charge on any atom is -0.381 e. The van der Waals surface area contributed by atoms with Gasteiger partial charge in [-0.2, -0.15) is 0 Å². The zero-order chi connectivity index (χ0) is 15.0. The molecule has 1 N–H and O–H groups in total. The molecule has 0 heterocycles. The quantitative estimate of drug-likeness (QED) is 0.862. The van der Waals surface area contributed by atoms with E-state index in [0.29, 0.717) is 0 Å². The van der Waals surface area contributed by atoms with Crippen molar-refractivity contribution in [2.75, 3.05) is 0 Å².